The van der Waals surface area contributed by atoms with Crippen LogP contribution in [0.3, 0.4) is 0 Å². The smallest absolute Gasteiger partial charge is 0.234 e. The first kappa shape index (κ1) is 11.7. The van der Waals surface area contributed by atoms with Crippen LogP contribution in [0.25, 0.3) is 0 Å². The summed E-state index contributed by atoms with van der Waals surface area (Å²) in [6.45, 7) is 3.89. The first-order chi connectivity index (χ1) is 7.15. The average Bonchev–Trinajstić information content (AvgIpc) is 2.26. The number of aromatic nitrogens is 1. The van der Waals surface area contributed by atoms with Gasteiger partial charge in [0.15, 0.2) is 0 Å². The van der Waals surface area contributed by atoms with Crippen LogP contribution in [0.2, 0.25) is 0 Å². The van der Waals surface area contributed by atoms with E-state index < -0.39 is 0 Å². The molecule has 1 aromatic rings. The van der Waals surface area contributed by atoms with E-state index in [4.69, 9.17) is 5.73 Å². The molecule has 0 bridgehead atoms. The van der Waals surface area contributed by atoms with Crippen LogP contribution in [-0.4, -0.2) is 16.9 Å². The molecule has 0 aliphatic carbocycles. The molecule has 0 saturated carbocycles. The Kier molecular flexibility index (Phi) is 4.24. The maximum atomic E-state index is 11.0. The molecule has 0 fully saturated rings. The molecule has 82 valence electrons. The Balaban J connectivity index is 2.62. The molecule has 1 aromatic heterocycles. The summed E-state index contributed by atoms with van der Waals surface area (Å²) in [5.41, 5.74) is 6.17. The van der Waals surface area contributed by atoms with Crippen molar-refractivity contribution in [2.24, 2.45) is 5.73 Å². The molecule has 2 atom stereocenters. The maximum Gasteiger partial charge on any atom is 0.234 e. The molecular formula is C11H17N3O. The highest BCUT2D eigenvalue weighted by Gasteiger charge is 2.16. The Hall–Kier alpha value is -1.42. The number of hydrogen-bond donors (Lipinski definition) is 2. The van der Waals surface area contributed by atoms with Crippen molar-refractivity contribution in [3.63, 3.8) is 0 Å². The van der Waals surface area contributed by atoms with Gasteiger partial charge in [-0.1, -0.05) is 13.0 Å². The largest absolute Gasteiger partial charge is 0.368 e. The van der Waals surface area contributed by atoms with E-state index in [1.54, 1.807) is 6.20 Å². The predicted molar refractivity (Wildman–Crippen MR) is 59.1 cm³/mol. The summed E-state index contributed by atoms with van der Waals surface area (Å²) >= 11 is 0. The summed E-state index contributed by atoms with van der Waals surface area (Å²) in [5, 5.41) is 3.15. The second-order valence-electron chi connectivity index (χ2n) is 3.51. The number of nitrogens with zero attached hydrogens (tertiary/aromatic N) is 1. The van der Waals surface area contributed by atoms with E-state index in [0.717, 1.165) is 5.69 Å². The quantitative estimate of drug-likeness (QED) is 0.756. The number of rotatable bonds is 5. The van der Waals surface area contributed by atoms with Crippen LogP contribution in [0.15, 0.2) is 24.4 Å². The number of amides is 1. The topological polar surface area (TPSA) is 68.0 Å². The summed E-state index contributed by atoms with van der Waals surface area (Å²) in [4.78, 5) is 15.2. The van der Waals surface area contributed by atoms with E-state index in [1.807, 2.05) is 32.0 Å². The molecule has 0 radical (unpaired) electrons. The van der Waals surface area contributed by atoms with Crippen LogP contribution in [-0.2, 0) is 4.79 Å². The predicted octanol–water partition coefficient (Wildman–Crippen LogP) is 0.996. The number of carbonyl (C=O) groups is 1. The molecule has 4 nitrogen and oxygen atoms in total. The van der Waals surface area contributed by atoms with Crippen molar-refractivity contribution in [3.8, 4) is 0 Å². The van der Waals surface area contributed by atoms with Crippen molar-refractivity contribution in [1.29, 1.82) is 0 Å². The SMILES string of the molecule is CCC(N[C@H](C)c1ccccn1)C(N)=O. The fourth-order valence-corrected chi connectivity index (χ4v) is 1.42. The molecule has 0 spiro atoms. The van der Waals surface area contributed by atoms with E-state index in [2.05, 4.69) is 10.3 Å². The van der Waals surface area contributed by atoms with Crippen LogP contribution in [0, 0.1) is 0 Å². The lowest BCUT2D eigenvalue weighted by Crippen LogP contribution is -2.42. The molecule has 0 aromatic carbocycles. The summed E-state index contributed by atoms with van der Waals surface area (Å²) in [7, 11) is 0. The van der Waals surface area contributed by atoms with Crippen molar-refractivity contribution in [1.82, 2.24) is 10.3 Å². The first-order valence-corrected chi connectivity index (χ1v) is 5.11. The van der Waals surface area contributed by atoms with Gasteiger partial charge in [0.2, 0.25) is 5.91 Å². The molecule has 0 aliphatic heterocycles. The van der Waals surface area contributed by atoms with E-state index in [-0.39, 0.29) is 18.0 Å². The Morgan fingerprint density at radius 1 is 1.60 bits per heavy atom. The molecule has 1 heterocycles. The van der Waals surface area contributed by atoms with Gasteiger partial charge in [0.05, 0.1) is 11.7 Å². The molecule has 4 heteroatoms. The second-order valence-corrected chi connectivity index (χ2v) is 3.51. The van der Waals surface area contributed by atoms with Gasteiger partial charge in [-0.25, -0.2) is 0 Å². The number of nitrogens with two attached hydrogens (primary N) is 1. The van der Waals surface area contributed by atoms with E-state index >= 15 is 0 Å². The first-order valence-electron chi connectivity index (χ1n) is 5.11. The number of primary amides is 1. The summed E-state index contributed by atoms with van der Waals surface area (Å²) in [6, 6.07) is 5.45. The third kappa shape index (κ3) is 3.32. The summed E-state index contributed by atoms with van der Waals surface area (Å²) in [5.74, 6) is -0.319. The van der Waals surface area contributed by atoms with Gasteiger partial charge < -0.3 is 5.73 Å². The lowest BCUT2D eigenvalue weighted by atomic mass is 10.1. The summed E-state index contributed by atoms with van der Waals surface area (Å²) in [6.07, 6.45) is 2.42. The highest BCUT2D eigenvalue weighted by atomic mass is 16.1. The van der Waals surface area contributed by atoms with E-state index in [0.29, 0.717) is 6.42 Å². The van der Waals surface area contributed by atoms with Gasteiger partial charge in [0.25, 0.3) is 0 Å². The number of pyridine rings is 1. The zero-order valence-corrected chi connectivity index (χ0v) is 9.10. The minimum atomic E-state index is -0.319. The van der Waals surface area contributed by atoms with Crippen molar-refractivity contribution >= 4 is 5.91 Å². The van der Waals surface area contributed by atoms with Crippen LogP contribution in [0.1, 0.15) is 32.0 Å². The Bertz CT molecular complexity index is 313. The molecule has 1 amide bonds. The Morgan fingerprint density at radius 3 is 2.80 bits per heavy atom. The number of nitrogens with one attached hydrogen (secondary N) is 1. The third-order valence-corrected chi connectivity index (χ3v) is 2.33. The molecule has 15 heavy (non-hydrogen) atoms. The van der Waals surface area contributed by atoms with Gasteiger partial charge in [-0.15, -0.1) is 0 Å². The van der Waals surface area contributed by atoms with Crippen molar-refractivity contribution in [3.05, 3.63) is 30.1 Å². The fraction of sp³-hybridized carbons (Fsp3) is 0.455. The third-order valence-electron chi connectivity index (χ3n) is 2.33. The maximum absolute atomic E-state index is 11.0. The van der Waals surface area contributed by atoms with Gasteiger partial charge in [0.1, 0.15) is 0 Å². The molecular weight excluding hydrogens is 190 g/mol. The molecule has 0 saturated heterocycles. The lowest BCUT2D eigenvalue weighted by molar-refractivity contribution is -0.120. The molecule has 3 N–H and O–H groups in total. The number of hydrogen-bond acceptors (Lipinski definition) is 3. The zero-order valence-electron chi connectivity index (χ0n) is 9.10. The lowest BCUT2D eigenvalue weighted by Gasteiger charge is -2.19. The van der Waals surface area contributed by atoms with Crippen LogP contribution < -0.4 is 11.1 Å². The molecule has 1 unspecified atom stereocenters. The van der Waals surface area contributed by atoms with Gasteiger partial charge in [-0.2, -0.15) is 0 Å². The van der Waals surface area contributed by atoms with Crippen LogP contribution in [0.5, 0.6) is 0 Å². The molecule has 0 aliphatic rings. The molecule has 1 rings (SSSR count). The Morgan fingerprint density at radius 2 is 2.33 bits per heavy atom. The highest BCUT2D eigenvalue weighted by Crippen LogP contribution is 2.09. The van der Waals surface area contributed by atoms with Crippen LogP contribution in [0.4, 0.5) is 0 Å². The van der Waals surface area contributed by atoms with Gasteiger partial charge >= 0.3 is 0 Å². The van der Waals surface area contributed by atoms with Crippen molar-refractivity contribution in [2.75, 3.05) is 0 Å². The average molecular weight is 207 g/mol. The highest BCUT2D eigenvalue weighted by molar-refractivity contribution is 5.79. The normalized spacial score (nSPS) is 14.5. The zero-order chi connectivity index (χ0) is 11.3. The van der Waals surface area contributed by atoms with Gasteiger partial charge in [0, 0.05) is 12.2 Å². The van der Waals surface area contributed by atoms with Gasteiger partial charge in [-0.05, 0) is 25.5 Å². The van der Waals surface area contributed by atoms with E-state index in [1.165, 1.54) is 0 Å². The standard InChI is InChI=1S/C11H17N3O/c1-3-9(11(12)15)14-8(2)10-6-4-5-7-13-10/h4-9,14H,3H2,1-2H3,(H2,12,15)/t8-,9?/m1/s1. The monoisotopic (exact) mass is 207 g/mol. The van der Waals surface area contributed by atoms with Crippen LogP contribution >= 0.6 is 0 Å². The van der Waals surface area contributed by atoms with E-state index in [9.17, 15) is 4.79 Å². The van der Waals surface area contributed by atoms with Crippen molar-refractivity contribution in [2.45, 2.75) is 32.4 Å². The Labute approximate surface area is 89.9 Å². The minimum Gasteiger partial charge on any atom is -0.368 e. The van der Waals surface area contributed by atoms with Gasteiger partial charge in [-0.3, -0.25) is 15.1 Å². The minimum absolute atomic E-state index is 0.0312. The van der Waals surface area contributed by atoms with Crippen molar-refractivity contribution < 1.29 is 4.79 Å². The second kappa shape index (κ2) is 5.46. The number of carbonyl (C=O) groups excluding carboxylic acids is 1. The summed E-state index contributed by atoms with van der Waals surface area (Å²) < 4.78 is 0. The fourth-order valence-electron chi connectivity index (χ4n) is 1.42.